The van der Waals surface area contributed by atoms with Crippen LogP contribution < -0.4 is 4.73 Å². The highest BCUT2D eigenvalue weighted by Gasteiger charge is 2.33. The molecule has 0 aliphatic heterocycles. The summed E-state index contributed by atoms with van der Waals surface area (Å²) in [6, 6.07) is 7.45. The molecule has 0 amide bonds. The van der Waals surface area contributed by atoms with Gasteiger partial charge < -0.3 is 5.21 Å². The van der Waals surface area contributed by atoms with Gasteiger partial charge in [0.25, 0.3) is 0 Å². The fourth-order valence-corrected chi connectivity index (χ4v) is 4.99. The molecule has 5 heterocycles. The molecule has 0 fully saturated rings. The van der Waals surface area contributed by atoms with Crippen LogP contribution in [0.3, 0.4) is 0 Å². The maximum atomic E-state index is 15.4. The second-order valence-electron chi connectivity index (χ2n) is 9.65. The van der Waals surface area contributed by atoms with Gasteiger partial charge in [-0.3, -0.25) is 14.3 Å². The minimum atomic E-state index is -4.63. The van der Waals surface area contributed by atoms with Gasteiger partial charge in [-0.1, -0.05) is 33.6 Å². The van der Waals surface area contributed by atoms with Crippen molar-refractivity contribution >= 4 is 23.2 Å². The molecular weight excluding hydrogens is 627 g/mol. The van der Waals surface area contributed by atoms with Crippen molar-refractivity contribution in [2.45, 2.75) is 18.6 Å². The van der Waals surface area contributed by atoms with Crippen molar-refractivity contribution in [3.8, 4) is 27.9 Å². The van der Waals surface area contributed by atoms with Crippen LogP contribution in [0.5, 0.6) is 0 Å². The molecule has 0 radical (unpaired) electrons. The van der Waals surface area contributed by atoms with Crippen LogP contribution in [0, 0.1) is 11.0 Å². The molecule has 224 valence electrons. The largest absolute Gasteiger partial charge is 0.618 e. The first-order valence-corrected chi connectivity index (χ1v) is 13.5. The van der Waals surface area contributed by atoms with E-state index in [9.17, 15) is 18.4 Å². The molecule has 0 aliphatic carbocycles. The maximum Gasteiger partial charge on any atom is 0.433 e. The first-order chi connectivity index (χ1) is 21.0. The van der Waals surface area contributed by atoms with Crippen LogP contribution in [0.4, 0.5) is 17.6 Å². The lowest BCUT2D eigenvalue weighted by Crippen LogP contribution is -2.36. The standard InChI is InChI=1S/C27H18Cl2F4N10O/c1-40-13-18(36-38-40)9-22(41-11-17(10-35-41)15-6-7-34-23(8-15)27(31,32)33)20-4-2-16(12-43(20)44)25-21(5-3-19(28)26(25)30)42-14-24(29)37-39-42/h2-8,10-14,22H,9H2,1H3/t22-/m0/s1. The summed E-state index contributed by atoms with van der Waals surface area (Å²) in [4.78, 5) is 3.40. The first kappa shape index (κ1) is 29.2. The molecule has 0 spiro atoms. The Kier molecular flexibility index (Phi) is 7.51. The van der Waals surface area contributed by atoms with Crippen LogP contribution in [0.2, 0.25) is 10.2 Å². The fraction of sp³-hybridized carbons (Fsp3) is 0.148. The SMILES string of the molecule is Cn1cc(C[C@@H](c2ccc(-c3c(-n4cc(Cl)nn4)ccc(Cl)c3F)c[n+]2[O-])n2cc(-c3ccnc(C(F)(F)F)c3)cn2)nn1. The number of aryl methyl sites for hydroxylation is 1. The third-order valence-electron chi connectivity index (χ3n) is 6.72. The van der Waals surface area contributed by atoms with E-state index in [2.05, 4.69) is 30.7 Å². The highest BCUT2D eigenvalue weighted by molar-refractivity contribution is 6.31. The minimum Gasteiger partial charge on any atom is -0.618 e. The van der Waals surface area contributed by atoms with Gasteiger partial charge in [-0.25, -0.2) is 9.07 Å². The van der Waals surface area contributed by atoms with Crippen LogP contribution in [0.25, 0.3) is 27.9 Å². The number of hydrogen-bond donors (Lipinski definition) is 0. The molecule has 1 atom stereocenters. The molecule has 6 aromatic rings. The monoisotopic (exact) mass is 644 g/mol. The molecule has 5 aromatic heterocycles. The average molecular weight is 645 g/mol. The van der Waals surface area contributed by atoms with Crippen LogP contribution in [0.15, 0.2) is 73.6 Å². The number of rotatable bonds is 7. The van der Waals surface area contributed by atoms with Crippen LogP contribution in [-0.2, 0) is 19.6 Å². The van der Waals surface area contributed by atoms with Crippen molar-refractivity contribution < 1.29 is 22.3 Å². The number of pyridine rings is 2. The average Bonchev–Trinajstić information content (AvgIpc) is 3.74. The lowest BCUT2D eigenvalue weighted by atomic mass is 10.0. The van der Waals surface area contributed by atoms with Crippen LogP contribution in [0.1, 0.15) is 23.1 Å². The van der Waals surface area contributed by atoms with E-state index in [-0.39, 0.29) is 44.7 Å². The van der Waals surface area contributed by atoms with Gasteiger partial charge in [0, 0.05) is 43.7 Å². The molecule has 1 aromatic carbocycles. The van der Waals surface area contributed by atoms with Gasteiger partial charge in [-0.05, 0) is 35.9 Å². The lowest BCUT2D eigenvalue weighted by Gasteiger charge is -2.17. The quantitative estimate of drug-likeness (QED) is 0.132. The van der Waals surface area contributed by atoms with Crippen molar-refractivity contribution in [2.75, 3.05) is 0 Å². The van der Waals surface area contributed by atoms with E-state index in [1.165, 1.54) is 69.2 Å². The summed E-state index contributed by atoms with van der Waals surface area (Å²) in [5.41, 5.74) is 0.671. The summed E-state index contributed by atoms with van der Waals surface area (Å²) in [5.74, 6) is -0.785. The summed E-state index contributed by atoms with van der Waals surface area (Å²) < 4.78 is 60.0. The Hall–Kier alpha value is -4.89. The zero-order valence-corrected chi connectivity index (χ0v) is 23.9. The molecule has 0 saturated heterocycles. The molecule has 0 N–H and O–H groups in total. The van der Waals surface area contributed by atoms with E-state index in [4.69, 9.17) is 23.2 Å². The Balaban J connectivity index is 1.42. The van der Waals surface area contributed by atoms with Crippen molar-refractivity contribution in [2.24, 2.45) is 7.05 Å². The molecular formula is C27H18Cl2F4N10O. The van der Waals surface area contributed by atoms with E-state index >= 15 is 4.39 Å². The predicted octanol–water partition coefficient (Wildman–Crippen LogP) is 5.25. The summed E-state index contributed by atoms with van der Waals surface area (Å²) in [7, 11) is 1.68. The maximum absolute atomic E-state index is 15.4. The zero-order chi connectivity index (χ0) is 31.2. The smallest absolute Gasteiger partial charge is 0.433 e. The second-order valence-corrected chi connectivity index (χ2v) is 10.4. The second kappa shape index (κ2) is 11.3. The van der Waals surface area contributed by atoms with Crippen LogP contribution in [-0.4, -0.2) is 44.8 Å². The van der Waals surface area contributed by atoms with Gasteiger partial charge in [-0.2, -0.15) is 23.0 Å². The van der Waals surface area contributed by atoms with E-state index < -0.39 is 23.7 Å². The minimum absolute atomic E-state index is 0.0137. The topological polar surface area (TPSA) is 119 Å². The highest BCUT2D eigenvalue weighted by atomic mass is 35.5. The Morgan fingerprint density at radius 1 is 0.977 bits per heavy atom. The molecule has 11 nitrogen and oxygen atoms in total. The Bertz CT molecular complexity index is 1990. The summed E-state index contributed by atoms with van der Waals surface area (Å²) in [6.45, 7) is 0. The Morgan fingerprint density at radius 3 is 2.48 bits per heavy atom. The third kappa shape index (κ3) is 5.70. The van der Waals surface area contributed by atoms with Gasteiger partial charge in [0.2, 0.25) is 5.69 Å². The third-order valence-corrected chi connectivity index (χ3v) is 7.18. The van der Waals surface area contributed by atoms with Gasteiger partial charge in [-0.15, -0.1) is 10.2 Å². The van der Waals surface area contributed by atoms with Gasteiger partial charge >= 0.3 is 6.18 Å². The predicted molar refractivity (Wildman–Crippen MR) is 149 cm³/mol. The summed E-state index contributed by atoms with van der Waals surface area (Å²) in [5, 5.41) is 33.5. The number of hydrogen-bond acceptors (Lipinski definition) is 7. The normalized spacial score (nSPS) is 12.5. The lowest BCUT2D eigenvalue weighted by molar-refractivity contribution is -0.615. The molecule has 6 rings (SSSR count). The van der Waals surface area contributed by atoms with Crippen LogP contribution >= 0.6 is 23.2 Å². The molecule has 0 unspecified atom stereocenters. The number of nitrogens with zero attached hydrogens (tertiary/aromatic N) is 10. The highest BCUT2D eigenvalue weighted by Crippen LogP contribution is 2.35. The van der Waals surface area contributed by atoms with Crippen molar-refractivity contribution in [3.05, 3.63) is 112 Å². The Labute approximate surface area is 255 Å². The first-order valence-electron chi connectivity index (χ1n) is 12.7. The number of alkyl halides is 3. The molecule has 17 heteroatoms. The Morgan fingerprint density at radius 2 is 1.80 bits per heavy atom. The number of halogens is 6. The van der Waals surface area contributed by atoms with E-state index in [0.717, 1.165) is 12.3 Å². The van der Waals surface area contributed by atoms with E-state index in [0.29, 0.717) is 16.0 Å². The number of aromatic nitrogens is 10. The van der Waals surface area contributed by atoms with Crippen molar-refractivity contribution in [1.82, 2.24) is 44.8 Å². The van der Waals surface area contributed by atoms with Gasteiger partial charge in [0.05, 0.1) is 39.9 Å². The van der Waals surface area contributed by atoms with E-state index in [1.54, 1.807) is 13.2 Å². The van der Waals surface area contributed by atoms with Gasteiger partial charge in [0.1, 0.15) is 11.7 Å². The molecule has 0 aliphatic rings. The molecule has 0 saturated carbocycles. The molecule has 0 bridgehead atoms. The van der Waals surface area contributed by atoms with Crippen molar-refractivity contribution in [3.63, 3.8) is 0 Å². The fourth-order valence-electron chi connectivity index (χ4n) is 4.71. The van der Waals surface area contributed by atoms with Gasteiger partial charge in [0.15, 0.2) is 17.2 Å². The zero-order valence-electron chi connectivity index (χ0n) is 22.4. The summed E-state index contributed by atoms with van der Waals surface area (Å²) >= 11 is 12.0. The van der Waals surface area contributed by atoms with Crippen molar-refractivity contribution in [1.29, 1.82) is 0 Å². The molecule has 44 heavy (non-hydrogen) atoms. The number of benzene rings is 1. The van der Waals surface area contributed by atoms with E-state index in [1.807, 2.05) is 0 Å². The summed E-state index contributed by atoms with van der Waals surface area (Å²) in [6.07, 6.45) is 3.71.